The number of alkyl halides is 1. The molecule has 9 nitrogen and oxygen atoms in total. The summed E-state index contributed by atoms with van der Waals surface area (Å²) in [5.41, 5.74) is 0.0100. The van der Waals surface area contributed by atoms with Crippen molar-refractivity contribution in [2.75, 3.05) is 12.0 Å². The van der Waals surface area contributed by atoms with Crippen molar-refractivity contribution in [3.8, 4) is 34.4 Å². The summed E-state index contributed by atoms with van der Waals surface area (Å²) in [5.74, 6) is -0.0326. The fourth-order valence-corrected chi connectivity index (χ4v) is 6.26. The zero-order valence-corrected chi connectivity index (χ0v) is 21.7. The van der Waals surface area contributed by atoms with E-state index in [4.69, 9.17) is 4.74 Å². The standard InChI is InChI=1S/C27H31F2N7O2/c1-26-9-4-10-27(2,35-26)23(29)19(12-26)36(16-6-7-16)21-14-30-24(34-33-21)17-8-5-15(11-20(17)37)22-18(28)13-31-25(32-22)38-3/h5,8,11,13-14,16,19,23,35,37H,4,6-7,9-10,12H2,1-3H3/t19-,23-,26-,27+/m0/s1. The third-order valence-electron chi connectivity index (χ3n) is 8.15. The molecule has 2 aliphatic heterocycles. The van der Waals surface area contributed by atoms with Crippen molar-refractivity contribution in [3.05, 3.63) is 36.4 Å². The number of phenolic OH excluding ortho intramolecular Hbond substituents is 1. The Morgan fingerprint density at radius 3 is 2.63 bits per heavy atom. The number of nitrogens with one attached hydrogen (secondary N) is 1. The first-order valence-electron chi connectivity index (χ1n) is 13.0. The second kappa shape index (κ2) is 9.07. The molecule has 3 aliphatic rings. The number of anilines is 1. The number of methoxy groups -OCH3 is 1. The van der Waals surface area contributed by atoms with Crippen LogP contribution in [0.1, 0.15) is 52.4 Å². The Kier molecular flexibility index (Phi) is 5.93. The number of hydrogen-bond donors (Lipinski definition) is 2. The number of aromatic nitrogens is 5. The zero-order valence-electron chi connectivity index (χ0n) is 21.7. The van der Waals surface area contributed by atoms with E-state index in [0.29, 0.717) is 23.4 Å². The molecule has 11 heteroatoms. The van der Waals surface area contributed by atoms with E-state index in [9.17, 15) is 9.50 Å². The number of ether oxygens (including phenoxy) is 1. The molecule has 3 fully saturated rings. The molecule has 2 saturated heterocycles. The summed E-state index contributed by atoms with van der Waals surface area (Å²) in [6, 6.07) is 4.51. The summed E-state index contributed by atoms with van der Waals surface area (Å²) in [6.45, 7) is 4.19. The van der Waals surface area contributed by atoms with Crippen molar-refractivity contribution in [1.29, 1.82) is 0 Å². The van der Waals surface area contributed by atoms with E-state index in [1.54, 1.807) is 18.3 Å². The van der Waals surface area contributed by atoms with Gasteiger partial charge >= 0.3 is 6.01 Å². The third-order valence-corrected chi connectivity index (χ3v) is 8.15. The molecule has 200 valence electrons. The van der Waals surface area contributed by atoms with E-state index in [0.717, 1.165) is 38.3 Å². The minimum Gasteiger partial charge on any atom is -0.507 e. The van der Waals surface area contributed by atoms with Crippen LogP contribution in [0.15, 0.2) is 30.6 Å². The quantitative estimate of drug-likeness (QED) is 0.491. The smallest absolute Gasteiger partial charge is 0.316 e. The van der Waals surface area contributed by atoms with Crippen LogP contribution in [0, 0.1) is 5.82 Å². The Morgan fingerprint density at radius 2 is 1.95 bits per heavy atom. The second-order valence-electron chi connectivity index (χ2n) is 11.2. The molecule has 0 spiro atoms. The molecule has 6 rings (SSSR count). The van der Waals surface area contributed by atoms with Gasteiger partial charge in [-0.3, -0.25) is 0 Å². The molecule has 0 unspecified atom stereocenters. The number of fused-ring (bicyclic) bond motifs is 2. The normalized spacial score (nSPS) is 28.7. The zero-order chi connectivity index (χ0) is 26.7. The molecule has 2 bridgehead atoms. The highest BCUT2D eigenvalue weighted by Gasteiger charge is 2.55. The molecule has 4 atom stereocenters. The first kappa shape index (κ1) is 24.8. The van der Waals surface area contributed by atoms with Crippen molar-refractivity contribution in [1.82, 2.24) is 30.5 Å². The average molecular weight is 524 g/mol. The van der Waals surface area contributed by atoms with Gasteiger partial charge in [0.15, 0.2) is 17.5 Å². The summed E-state index contributed by atoms with van der Waals surface area (Å²) < 4.78 is 35.3. The van der Waals surface area contributed by atoms with E-state index >= 15 is 4.39 Å². The minimum atomic E-state index is -1.05. The number of nitrogens with zero attached hydrogens (tertiary/aromatic N) is 6. The molecule has 2 N–H and O–H groups in total. The largest absolute Gasteiger partial charge is 0.507 e. The number of hydrogen-bond acceptors (Lipinski definition) is 9. The number of halogens is 2. The van der Waals surface area contributed by atoms with Crippen LogP contribution in [-0.2, 0) is 0 Å². The van der Waals surface area contributed by atoms with Gasteiger partial charge in [0.05, 0.1) is 31.1 Å². The molecule has 1 aromatic carbocycles. The van der Waals surface area contributed by atoms with Gasteiger partial charge in [0.1, 0.15) is 17.6 Å². The average Bonchev–Trinajstić information content (AvgIpc) is 3.73. The Labute approximate surface area is 219 Å². The summed E-state index contributed by atoms with van der Waals surface area (Å²) >= 11 is 0. The Hall–Kier alpha value is -3.47. The lowest BCUT2D eigenvalue weighted by Gasteiger charge is -2.57. The van der Waals surface area contributed by atoms with Crippen LogP contribution in [0.2, 0.25) is 0 Å². The lowest BCUT2D eigenvalue weighted by atomic mass is 9.68. The van der Waals surface area contributed by atoms with Gasteiger partial charge in [0, 0.05) is 22.7 Å². The highest BCUT2D eigenvalue weighted by Crippen LogP contribution is 2.46. The molecule has 4 heterocycles. The molecule has 0 amide bonds. The van der Waals surface area contributed by atoms with Crippen LogP contribution in [0.3, 0.4) is 0 Å². The van der Waals surface area contributed by atoms with Gasteiger partial charge in [-0.15, -0.1) is 10.2 Å². The summed E-state index contributed by atoms with van der Waals surface area (Å²) in [7, 11) is 1.39. The number of rotatable bonds is 6. The first-order valence-corrected chi connectivity index (χ1v) is 13.0. The van der Waals surface area contributed by atoms with Gasteiger partial charge in [0.2, 0.25) is 0 Å². The summed E-state index contributed by atoms with van der Waals surface area (Å²) in [5, 5.41) is 23.0. The van der Waals surface area contributed by atoms with Crippen LogP contribution >= 0.6 is 0 Å². The molecular weight excluding hydrogens is 492 g/mol. The number of benzene rings is 1. The number of phenols is 1. The molecule has 0 radical (unpaired) electrons. The monoisotopic (exact) mass is 523 g/mol. The fraction of sp³-hybridized carbons (Fsp3) is 0.519. The second-order valence-corrected chi connectivity index (χ2v) is 11.2. The van der Waals surface area contributed by atoms with E-state index in [-0.39, 0.29) is 40.9 Å². The number of aromatic hydroxyl groups is 1. The van der Waals surface area contributed by atoms with E-state index in [1.807, 2.05) is 6.92 Å². The molecule has 1 saturated carbocycles. The van der Waals surface area contributed by atoms with E-state index in [2.05, 4.69) is 42.3 Å². The van der Waals surface area contributed by atoms with Crippen molar-refractivity contribution in [3.63, 3.8) is 0 Å². The van der Waals surface area contributed by atoms with Gasteiger partial charge in [0.25, 0.3) is 0 Å². The van der Waals surface area contributed by atoms with Gasteiger partial charge in [-0.2, -0.15) is 4.98 Å². The maximum Gasteiger partial charge on any atom is 0.316 e. The Balaban J connectivity index is 1.28. The van der Waals surface area contributed by atoms with Gasteiger partial charge in [-0.25, -0.2) is 18.7 Å². The van der Waals surface area contributed by atoms with Crippen LogP contribution < -0.4 is 15.0 Å². The predicted molar refractivity (Wildman–Crippen MR) is 137 cm³/mol. The Morgan fingerprint density at radius 1 is 1.13 bits per heavy atom. The van der Waals surface area contributed by atoms with E-state index in [1.165, 1.54) is 13.2 Å². The van der Waals surface area contributed by atoms with Crippen molar-refractivity contribution in [2.24, 2.45) is 0 Å². The molecule has 3 aromatic rings. The molecule has 1 aliphatic carbocycles. The molecule has 38 heavy (non-hydrogen) atoms. The van der Waals surface area contributed by atoms with Crippen LogP contribution in [0.25, 0.3) is 22.6 Å². The highest BCUT2D eigenvalue weighted by atomic mass is 19.1. The van der Waals surface area contributed by atoms with Crippen molar-refractivity contribution in [2.45, 2.75) is 81.7 Å². The van der Waals surface area contributed by atoms with E-state index < -0.39 is 17.5 Å². The topological polar surface area (TPSA) is 109 Å². The molecular formula is C27H31F2N7O2. The van der Waals surface area contributed by atoms with Gasteiger partial charge in [-0.05, 0) is 64.5 Å². The lowest BCUT2D eigenvalue weighted by Crippen LogP contribution is -2.73. The van der Waals surface area contributed by atoms with Crippen LogP contribution in [-0.4, -0.2) is 66.7 Å². The SMILES string of the molecule is COc1ncc(F)c(-c2ccc(-c3ncc(N(C4CC4)[C@H]4C[C@]5(C)CCC[C@@](C)(N5)[C@H]4F)nn3)c(O)c2)n1. The van der Waals surface area contributed by atoms with Gasteiger partial charge in [-0.1, -0.05) is 6.07 Å². The summed E-state index contributed by atoms with van der Waals surface area (Å²) in [6.07, 6.45) is 7.09. The first-order chi connectivity index (χ1) is 18.2. The van der Waals surface area contributed by atoms with Crippen molar-refractivity contribution >= 4 is 5.82 Å². The predicted octanol–water partition coefficient (Wildman–Crippen LogP) is 4.22. The Bertz CT molecular complexity index is 1360. The summed E-state index contributed by atoms with van der Waals surface area (Å²) in [4.78, 5) is 14.3. The highest BCUT2D eigenvalue weighted by molar-refractivity contribution is 5.71. The van der Waals surface area contributed by atoms with Crippen LogP contribution in [0.4, 0.5) is 14.6 Å². The number of piperidine rings is 2. The lowest BCUT2D eigenvalue weighted by molar-refractivity contribution is 0.000258. The van der Waals surface area contributed by atoms with Gasteiger partial charge < -0.3 is 20.1 Å². The molecule has 2 aromatic heterocycles. The minimum absolute atomic E-state index is 0.00285. The van der Waals surface area contributed by atoms with Crippen molar-refractivity contribution < 1.29 is 18.6 Å². The van der Waals surface area contributed by atoms with Crippen LogP contribution in [0.5, 0.6) is 11.8 Å². The maximum atomic E-state index is 16.0. The third kappa shape index (κ3) is 4.32. The fourth-order valence-electron chi connectivity index (χ4n) is 6.26. The maximum absolute atomic E-state index is 16.0.